The summed E-state index contributed by atoms with van der Waals surface area (Å²) in [5.74, 6) is 0. The van der Waals surface area contributed by atoms with Gasteiger partial charge in [0.1, 0.15) is 0 Å². The van der Waals surface area contributed by atoms with Gasteiger partial charge in [0, 0.05) is 70.4 Å². The van der Waals surface area contributed by atoms with Crippen molar-refractivity contribution in [1.29, 1.82) is 0 Å². The summed E-state index contributed by atoms with van der Waals surface area (Å²) in [6.45, 7) is 0. The van der Waals surface area contributed by atoms with E-state index in [2.05, 4.69) is 0 Å². The quantitative estimate of drug-likeness (QED) is 0.423. The van der Waals surface area contributed by atoms with E-state index in [4.69, 9.17) is 0 Å². The van der Waals surface area contributed by atoms with Gasteiger partial charge in [0.2, 0.25) is 0 Å². The fourth-order valence-corrected chi connectivity index (χ4v) is 0. The average molecular weight is 282 g/mol. The summed E-state index contributed by atoms with van der Waals surface area (Å²) in [6, 6.07) is 0. The van der Waals surface area contributed by atoms with E-state index >= 15 is 0 Å². The predicted octanol–water partition coefficient (Wildman–Crippen LogP) is -2.73. The monoisotopic (exact) mass is 282 g/mol. The maximum absolute atomic E-state index is 0. The summed E-state index contributed by atoms with van der Waals surface area (Å²) in [7, 11) is 0. The van der Waals surface area contributed by atoms with E-state index in [1.54, 1.807) is 0 Å². The second-order valence-corrected chi connectivity index (χ2v) is 0. The van der Waals surface area contributed by atoms with Gasteiger partial charge in [-0.3, -0.25) is 4.70 Å². The van der Waals surface area contributed by atoms with Gasteiger partial charge in [-0.25, -0.2) is 0 Å². The molecule has 0 aromatic rings. The molecule has 0 spiro atoms. The molecule has 4 heavy (non-hydrogen) atoms. The Morgan fingerprint density at radius 3 is 1.25 bits per heavy atom. The Morgan fingerprint density at radius 1 is 1.25 bits per heavy atom. The smallest absolute Gasteiger partial charge is 1.00 e. The molecule has 4 heteroatoms. The van der Waals surface area contributed by atoms with E-state index in [0.29, 0.717) is 0 Å². The van der Waals surface area contributed by atoms with Crippen molar-refractivity contribution < 1.29 is 95.4 Å². The molecule has 0 rings (SSSR count). The molecule has 0 amide bonds. The SMILES string of the molecule is F.[H-].[Ho].[Li+].[Y]. The van der Waals surface area contributed by atoms with Crippen LogP contribution in [0, 0.1) is 37.7 Å². The van der Waals surface area contributed by atoms with E-state index in [0.717, 1.165) is 0 Å². The Kier molecular flexibility index (Phi) is 121. The largest absolute Gasteiger partial charge is 1.00 e. The maximum Gasteiger partial charge on any atom is 1.00 e. The van der Waals surface area contributed by atoms with Crippen LogP contribution >= 0.6 is 0 Å². The second kappa shape index (κ2) is 16.9. The van der Waals surface area contributed by atoms with Crippen LogP contribution in [0.2, 0.25) is 0 Å². The van der Waals surface area contributed by atoms with Crippen molar-refractivity contribution in [1.82, 2.24) is 0 Å². The molecule has 0 atom stereocenters. The standard InChI is InChI=1S/FH.Ho.Li.Y.H/h1H;;;;/q;;+1;;-1. The number of rotatable bonds is 0. The van der Waals surface area contributed by atoms with Crippen molar-refractivity contribution >= 4 is 0 Å². The number of hydrogen-bond donors (Lipinski definition) is 0. The van der Waals surface area contributed by atoms with Crippen LogP contribution in [-0.2, 0) is 32.7 Å². The Hall–Kier alpha value is 2.89. The Balaban J connectivity index is 0. The van der Waals surface area contributed by atoms with Crippen molar-refractivity contribution in [2.75, 3.05) is 0 Å². The van der Waals surface area contributed by atoms with Crippen LogP contribution in [0.4, 0.5) is 4.70 Å². The van der Waals surface area contributed by atoms with E-state index < -0.39 is 0 Å². The van der Waals surface area contributed by atoms with E-state index in [-0.39, 0.29) is 95.4 Å². The molecule has 0 aromatic heterocycles. The van der Waals surface area contributed by atoms with Gasteiger partial charge in [-0.15, -0.1) is 0 Å². The van der Waals surface area contributed by atoms with Crippen molar-refractivity contribution in [3.63, 3.8) is 0 Å². The molecule has 0 aliphatic rings. The van der Waals surface area contributed by atoms with Gasteiger partial charge in [-0.1, -0.05) is 0 Å². The zero-order valence-electron chi connectivity index (χ0n) is 3.29. The summed E-state index contributed by atoms with van der Waals surface area (Å²) >= 11 is 0. The first-order valence-corrected chi connectivity index (χ1v) is 0. The minimum Gasteiger partial charge on any atom is -1.00 e. The van der Waals surface area contributed by atoms with Crippen molar-refractivity contribution in [3.8, 4) is 0 Å². The van der Waals surface area contributed by atoms with Crippen molar-refractivity contribution in [3.05, 3.63) is 0 Å². The Labute approximate surface area is 93.4 Å². The predicted molar refractivity (Wildman–Crippen MR) is 3.62 cm³/mol. The third-order valence-electron chi connectivity index (χ3n) is 0. The molecule has 0 heterocycles. The molecule has 0 unspecified atom stereocenters. The van der Waals surface area contributed by atoms with Crippen molar-refractivity contribution in [2.24, 2.45) is 0 Å². The molecule has 0 saturated heterocycles. The maximum atomic E-state index is 0. The molecule has 0 fully saturated rings. The first-order chi connectivity index (χ1) is 0. The summed E-state index contributed by atoms with van der Waals surface area (Å²) in [6.07, 6.45) is 0. The van der Waals surface area contributed by atoms with E-state index in [1.807, 2.05) is 0 Å². The first kappa shape index (κ1) is 28.6. The molecule has 0 aromatic carbocycles. The molecule has 24 valence electrons. The van der Waals surface area contributed by atoms with Crippen LogP contribution < -0.4 is 18.9 Å². The molecular formula is H2FHoLiY. The van der Waals surface area contributed by atoms with Gasteiger partial charge in [-0.05, 0) is 0 Å². The van der Waals surface area contributed by atoms with Crippen LogP contribution in [0.5, 0.6) is 0 Å². The summed E-state index contributed by atoms with van der Waals surface area (Å²) in [4.78, 5) is 0. The van der Waals surface area contributed by atoms with Crippen LogP contribution in [0.25, 0.3) is 0 Å². The molecule has 0 aliphatic carbocycles. The topological polar surface area (TPSA) is 0 Å². The molecule has 0 bridgehead atoms. The van der Waals surface area contributed by atoms with Gasteiger partial charge in [0.15, 0.2) is 0 Å². The molecule has 0 nitrogen and oxygen atoms in total. The summed E-state index contributed by atoms with van der Waals surface area (Å²) < 4.78 is 0. The van der Waals surface area contributed by atoms with Gasteiger partial charge in [0.05, 0.1) is 0 Å². The minimum absolute atomic E-state index is 0. The van der Waals surface area contributed by atoms with Gasteiger partial charge in [-0.2, -0.15) is 0 Å². The van der Waals surface area contributed by atoms with Crippen LogP contribution in [0.15, 0.2) is 0 Å². The van der Waals surface area contributed by atoms with Crippen LogP contribution in [0.3, 0.4) is 0 Å². The molecule has 0 saturated carbocycles. The number of hydrogen-bond acceptors (Lipinski definition) is 0. The first-order valence-electron chi connectivity index (χ1n) is 0. The summed E-state index contributed by atoms with van der Waals surface area (Å²) in [5.41, 5.74) is 0. The van der Waals surface area contributed by atoms with E-state index in [1.165, 1.54) is 0 Å². The molecular weight excluding hydrogens is 280 g/mol. The summed E-state index contributed by atoms with van der Waals surface area (Å²) in [5, 5.41) is 0. The molecule has 0 N–H and O–H groups in total. The van der Waals surface area contributed by atoms with Gasteiger partial charge < -0.3 is 1.43 Å². The van der Waals surface area contributed by atoms with Gasteiger partial charge >= 0.3 is 18.9 Å². The Morgan fingerprint density at radius 2 is 1.25 bits per heavy atom. The normalized spacial score (nSPS) is 0. The fraction of sp³-hybridized carbons (Fsp3) is 0. The minimum atomic E-state index is 0. The fourth-order valence-electron chi connectivity index (χ4n) is 0. The number of halogens is 1. The third kappa shape index (κ3) is 8.86. The second-order valence-electron chi connectivity index (χ2n) is 0. The molecule has 0 aliphatic heterocycles. The zero-order chi connectivity index (χ0) is 0. The van der Waals surface area contributed by atoms with Crippen molar-refractivity contribution in [2.45, 2.75) is 0 Å². The Bertz CT molecular complexity index is 11.6. The molecule has 2 radical (unpaired) electrons. The zero-order valence-corrected chi connectivity index (χ0v) is 7.06. The van der Waals surface area contributed by atoms with E-state index in [9.17, 15) is 0 Å². The van der Waals surface area contributed by atoms with Gasteiger partial charge in [0.25, 0.3) is 0 Å². The third-order valence-corrected chi connectivity index (χ3v) is 0. The van der Waals surface area contributed by atoms with Crippen LogP contribution in [-0.4, -0.2) is 0 Å². The van der Waals surface area contributed by atoms with Crippen LogP contribution in [0.1, 0.15) is 1.43 Å². The average Bonchev–Trinajstić information content (AvgIpc) is 0.